The number of halogens is 21. The average molecular weight is 802 g/mol. The monoisotopic (exact) mass is 802 g/mol. The molecule has 0 unspecified atom stereocenters. The van der Waals surface area contributed by atoms with Crippen molar-refractivity contribution in [1.82, 2.24) is 0 Å². The van der Waals surface area contributed by atoms with Crippen LogP contribution in [-0.2, 0) is 23.9 Å². The van der Waals surface area contributed by atoms with E-state index in [2.05, 4.69) is 24.8 Å². The highest BCUT2D eigenvalue weighted by molar-refractivity contribution is 5.93. The molecule has 0 aromatic rings. The summed E-state index contributed by atoms with van der Waals surface area (Å²) in [6.45, 7) is 9.98. The Bertz CT molecular complexity index is 1330. The Morgan fingerprint density at radius 1 is 0.569 bits per heavy atom. The van der Waals surface area contributed by atoms with Gasteiger partial charge in [0.05, 0.1) is 12.2 Å². The van der Waals surface area contributed by atoms with Crippen LogP contribution in [0.2, 0.25) is 0 Å². The van der Waals surface area contributed by atoms with Gasteiger partial charge in [0.25, 0.3) is 0 Å². The van der Waals surface area contributed by atoms with Crippen LogP contribution in [0.15, 0.2) is 36.5 Å². The Balaban J connectivity index is 0. The Morgan fingerprint density at radius 2 is 0.902 bits per heavy atom. The van der Waals surface area contributed by atoms with Crippen LogP contribution in [0.4, 0.5) is 92.2 Å². The van der Waals surface area contributed by atoms with Crippen molar-refractivity contribution in [2.45, 2.75) is 86.4 Å². The number of hydrogen-bond acceptors (Lipinski definition) is 5. The van der Waals surface area contributed by atoms with E-state index in [-0.39, 0.29) is 18.1 Å². The second-order valence-corrected chi connectivity index (χ2v) is 9.47. The van der Waals surface area contributed by atoms with Crippen molar-refractivity contribution in [2.75, 3.05) is 6.61 Å². The standard InChI is InChI=1S/C16H5F21O4.C8H14O2/c1-4(2-3-5(38)39)6(40)41-16(36,37)14(31,32)12(27,28)10(23,24)8(19,20)7(17,18)9(21,22)11(25,26)13(29,30)15(33,34)35;1-4-5-6-10-8(9)7(2)3/h2-3H,1H2,(H,38,39);2,4-6H2,1,3H3. The molecule has 0 heterocycles. The predicted octanol–water partition coefficient (Wildman–Crippen LogP) is 8.87. The summed E-state index contributed by atoms with van der Waals surface area (Å²) < 4.78 is 284. The minimum atomic E-state index is -9.34. The molecule has 0 fully saturated rings. The largest absolute Gasteiger partial charge is 0.478 e. The van der Waals surface area contributed by atoms with Crippen molar-refractivity contribution in [3.05, 3.63) is 36.5 Å². The van der Waals surface area contributed by atoms with Crippen molar-refractivity contribution in [3.63, 3.8) is 0 Å². The molecule has 0 aromatic heterocycles. The van der Waals surface area contributed by atoms with Gasteiger partial charge in [-0.2, -0.15) is 92.2 Å². The zero-order chi connectivity index (χ0) is 41.8. The van der Waals surface area contributed by atoms with Gasteiger partial charge in [-0.3, -0.25) is 0 Å². The summed E-state index contributed by atoms with van der Waals surface area (Å²) in [5, 5.41) is 8.18. The van der Waals surface area contributed by atoms with Crippen LogP contribution in [0.1, 0.15) is 26.7 Å². The van der Waals surface area contributed by atoms with Gasteiger partial charge in [-0.25, -0.2) is 14.4 Å². The molecule has 0 aromatic carbocycles. The number of carboxylic acids is 1. The molecule has 0 saturated heterocycles. The summed E-state index contributed by atoms with van der Waals surface area (Å²) >= 11 is 0. The SMILES string of the molecule is C=C(C)C(=O)OCCCC.C=C(C=CC(=O)O)C(=O)OC(F)(F)C(F)(F)C(F)(F)C(F)(F)C(F)(F)C(F)(F)C(F)(F)C(F)(F)C(F)(F)C(F)(F)F. The topological polar surface area (TPSA) is 89.9 Å². The third kappa shape index (κ3) is 8.97. The Labute approximate surface area is 269 Å². The summed E-state index contributed by atoms with van der Waals surface area (Å²) in [5.41, 5.74) is -1.38. The predicted molar refractivity (Wildman–Crippen MR) is 123 cm³/mol. The van der Waals surface area contributed by atoms with Gasteiger partial charge in [-0.05, 0) is 19.4 Å². The van der Waals surface area contributed by atoms with Gasteiger partial charge in [0.2, 0.25) is 0 Å². The first-order valence-corrected chi connectivity index (χ1v) is 12.3. The third-order valence-corrected chi connectivity index (χ3v) is 5.47. The highest BCUT2D eigenvalue weighted by atomic mass is 19.4. The number of hydrogen-bond donors (Lipinski definition) is 1. The second kappa shape index (κ2) is 15.4. The summed E-state index contributed by atoms with van der Waals surface area (Å²) in [7, 11) is 0. The molecular weight excluding hydrogens is 783 g/mol. The number of carboxylic acid groups (broad SMARTS) is 1. The van der Waals surface area contributed by atoms with Gasteiger partial charge in [0, 0.05) is 11.6 Å². The van der Waals surface area contributed by atoms with Crippen LogP contribution in [0.5, 0.6) is 0 Å². The molecule has 27 heteroatoms. The highest BCUT2D eigenvalue weighted by Gasteiger charge is 2.98. The number of alkyl halides is 21. The molecule has 298 valence electrons. The normalized spacial score (nSPS) is 14.4. The third-order valence-electron chi connectivity index (χ3n) is 5.47. The lowest BCUT2D eigenvalue weighted by atomic mass is 9.87. The number of aliphatic carboxylic acids is 1. The molecule has 0 amide bonds. The molecular formula is C24H19F21O6. The summed E-state index contributed by atoms with van der Waals surface area (Å²) in [6.07, 6.45) is -14.2. The van der Waals surface area contributed by atoms with Gasteiger partial charge >= 0.3 is 77.6 Å². The summed E-state index contributed by atoms with van der Waals surface area (Å²) in [4.78, 5) is 32.0. The molecule has 0 radical (unpaired) electrons. The van der Waals surface area contributed by atoms with Crippen LogP contribution in [0.3, 0.4) is 0 Å². The fourth-order valence-electron chi connectivity index (χ4n) is 2.46. The molecule has 0 saturated carbocycles. The first kappa shape index (κ1) is 49.3. The summed E-state index contributed by atoms with van der Waals surface area (Å²) in [6, 6.07) is 0. The smallest absolute Gasteiger partial charge is 0.473 e. The van der Waals surface area contributed by atoms with Gasteiger partial charge < -0.3 is 14.6 Å². The average Bonchev–Trinajstić information content (AvgIpc) is 2.94. The molecule has 0 aliphatic heterocycles. The maximum atomic E-state index is 13.7. The molecule has 51 heavy (non-hydrogen) atoms. The molecule has 6 nitrogen and oxygen atoms in total. The minimum absolute atomic E-state index is 0.233. The first-order valence-electron chi connectivity index (χ1n) is 12.3. The van der Waals surface area contributed by atoms with Crippen LogP contribution in [-0.4, -0.2) is 89.3 Å². The quantitative estimate of drug-likeness (QED) is 0.0552. The van der Waals surface area contributed by atoms with Crippen molar-refractivity contribution >= 4 is 17.9 Å². The fraction of sp³-hybridized carbons (Fsp3) is 0.625. The van der Waals surface area contributed by atoms with Crippen LogP contribution < -0.4 is 0 Å². The van der Waals surface area contributed by atoms with Crippen molar-refractivity contribution < 1.29 is 121 Å². The van der Waals surface area contributed by atoms with Gasteiger partial charge in [-0.1, -0.05) is 26.5 Å². The highest BCUT2D eigenvalue weighted by Crippen LogP contribution is 2.66. The van der Waals surface area contributed by atoms with Crippen LogP contribution in [0, 0.1) is 0 Å². The van der Waals surface area contributed by atoms with E-state index in [1.807, 2.05) is 0 Å². The zero-order valence-corrected chi connectivity index (χ0v) is 24.6. The van der Waals surface area contributed by atoms with Crippen molar-refractivity contribution in [3.8, 4) is 0 Å². The van der Waals surface area contributed by atoms with E-state index in [4.69, 9.17) is 9.84 Å². The second-order valence-electron chi connectivity index (χ2n) is 9.47. The molecule has 0 aliphatic carbocycles. The maximum Gasteiger partial charge on any atom is 0.473 e. The van der Waals surface area contributed by atoms with Gasteiger partial charge in [0.1, 0.15) is 0 Å². The Kier molecular flexibility index (Phi) is 14.9. The van der Waals surface area contributed by atoms with E-state index in [9.17, 15) is 107 Å². The molecule has 0 atom stereocenters. The van der Waals surface area contributed by atoms with E-state index in [0.29, 0.717) is 12.2 Å². The van der Waals surface area contributed by atoms with Crippen molar-refractivity contribution in [2.24, 2.45) is 0 Å². The molecule has 0 rings (SSSR count). The molecule has 1 N–H and O–H groups in total. The van der Waals surface area contributed by atoms with Crippen LogP contribution in [0.25, 0.3) is 0 Å². The lowest BCUT2D eigenvalue weighted by Gasteiger charge is -2.44. The zero-order valence-electron chi connectivity index (χ0n) is 24.6. The first-order chi connectivity index (χ1) is 22.2. The number of carbonyl (C=O) groups is 3. The molecule has 0 aliphatic rings. The molecule has 0 spiro atoms. The molecule has 0 bridgehead atoms. The van der Waals surface area contributed by atoms with Crippen molar-refractivity contribution in [1.29, 1.82) is 0 Å². The van der Waals surface area contributed by atoms with E-state index in [1.54, 1.807) is 6.92 Å². The lowest BCUT2D eigenvalue weighted by Crippen LogP contribution is -2.77. The summed E-state index contributed by atoms with van der Waals surface area (Å²) in [5.74, 6) is -77.6. The Morgan fingerprint density at radius 3 is 1.20 bits per heavy atom. The maximum absolute atomic E-state index is 13.7. The number of carbonyl (C=O) groups excluding carboxylic acids is 2. The van der Waals surface area contributed by atoms with E-state index < -0.39 is 77.2 Å². The number of rotatable bonds is 16. The number of unbranched alkanes of at least 4 members (excludes halogenated alkanes) is 1. The lowest BCUT2D eigenvalue weighted by molar-refractivity contribution is -0.482. The van der Waals surface area contributed by atoms with Gasteiger partial charge in [-0.15, -0.1) is 0 Å². The number of ether oxygens (including phenoxy) is 2. The van der Waals surface area contributed by atoms with Gasteiger partial charge in [0.15, 0.2) is 0 Å². The fourth-order valence-corrected chi connectivity index (χ4v) is 2.46. The van der Waals surface area contributed by atoms with Crippen LogP contribution >= 0.6 is 0 Å². The van der Waals surface area contributed by atoms with E-state index >= 15 is 0 Å². The van der Waals surface area contributed by atoms with E-state index in [0.717, 1.165) is 12.8 Å². The van der Waals surface area contributed by atoms with E-state index in [1.165, 1.54) is 0 Å². The minimum Gasteiger partial charge on any atom is -0.478 e. The Hall–Kier alpha value is -3.84. The number of esters is 2.